The standard InChI is InChI=1S/C39H47FN4O6S/c1-4-7-25-50-39(47)43-51(48,49)36-19-12-11-17-31(36)29-20-21-30(32(40)26-29)27-44-37(14-5-2)42-33(6-3)38(44)35(46)22-24-41-23-13-18-34(45)28-15-9-8-10-16-28/h8-12,15-17,19-21,26,41H,4-7,13-14,18,22-25,27H2,1-3H3,(H,43,47). The van der Waals surface area contributed by atoms with Crippen LogP contribution in [0.5, 0.6) is 0 Å². The Kier molecular flexibility index (Phi) is 14.6. The minimum atomic E-state index is -4.32. The molecule has 0 bridgehead atoms. The molecule has 2 N–H and O–H groups in total. The van der Waals surface area contributed by atoms with E-state index in [-0.39, 0.29) is 41.6 Å². The van der Waals surface area contributed by atoms with E-state index in [2.05, 4.69) is 5.32 Å². The van der Waals surface area contributed by atoms with Crippen molar-refractivity contribution in [3.8, 4) is 11.1 Å². The number of nitrogens with zero attached hydrogens (tertiary/aromatic N) is 2. The molecule has 0 radical (unpaired) electrons. The molecule has 4 aromatic rings. The molecule has 0 aliphatic rings. The number of amides is 1. The van der Waals surface area contributed by atoms with E-state index in [0.29, 0.717) is 79.1 Å². The van der Waals surface area contributed by atoms with Crippen molar-refractivity contribution in [2.24, 2.45) is 0 Å². The molecule has 0 aliphatic heterocycles. The number of benzene rings is 3. The molecule has 0 aliphatic carbocycles. The summed E-state index contributed by atoms with van der Waals surface area (Å²) in [4.78, 5) is 42.7. The van der Waals surface area contributed by atoms with Crippen LogP contribution in [0.2, 0.25) is 0 Å². The number of halogens is 1. The minimum absolute atomic E-state index is 0.0651. The topological polar surface area (TPSA) is 136 Å². The summed E-state index contributed by atoms with van der Waals surface area (Å²) in [6, 6.07) is 19.7. The van der Waals surface area contributed by atoms with Crippen molar-refractivity contribution in [1.82, 2.24) is 19.6 Å². The summed E-state index contributed by atoms with van der Waals surface area (Å²) in [5.41, 5.74) is 2.64. The van der Waals surface area contributed by atoms with Crippen LogP contribution in [-0.4, -0.2) is 55.3 Å². The van der Waals surface area contributed by atoms with Crippen LogP contribution in [0.25, 0.3) is 11.1 Å². The molecule has 4 rings (SSSR count). The van der Waals surface area contributed by atoms with Crippen LogP contribution >= 0.6 is 0 Å². The molecular formula is C39H47FN4O6S. The molecule has 0 saturated heterocycles. The molecular weight excluding hydrogens is 672 g/mol. The SMILES string of the molecule is CCCCOC(=O)NS(=O)(=O)c1ccccc1-c1ccc(Cn2c(CCC)nc(CC)c2C(=O)CCNCCCC(=O)c2ccccc2)c(F)c1. The predicted octanol–water partition coefficient (Wildman–Crippen LogP) is 7.29. The molecule has 3 aromatic carbocycles. The van der Waals surface area contributed by atoms with E-state index in [1.165, 1.54) is 18.2 Å². The number of ether oxygens (including phenoxy) is 1. The molecule has 1 amide bonds. The fourth-order valence-electron chi connectivity index (χ4n) is 5.74. The fourth-order valence-corrected chi connectivity index (χ4v) is 6.86. The van der Waals surface area contributed by atoms with Gasteiger partial charge in [0.2, 0.25) is 0 Å². The number of sulfonamides is 1. The van der Waals surface area contributed by atoms with Crippen molar-refractivity contribution in [1.29, 1.82) is 0 Å². The molecule has 272 valence electrons. The van der Waals surface area contributed by atoms with Crippen LogP contribution in [0.1, 0.15) is 97.2 Å². The highest BCUT2D eigenvalue weighted by Gasteiger charge is 2.25. The van der Waals surface area contributed by atoms with Gasteiger partial charge < -0.3 is 14.6 Å². The van der Waals surface area contributed by atoms with Gasteiger partial charge in [-0.2, -0.15) is 0 Å². The second kappa shape index (κ2) is 19.1. The van der Waals surface area contributed by atoms with Crippen molar-refractivity contribution in [3.05, 3.63) is 107 Å². The molecule has 0 atom stereocenters. The summed E-state index contributed by atoms with van der Waals surface area (Å²) in [5, 5.41) is 3.26. The van der Waals surface area contributed by atoms with E-state index in [9.17, 15) is 22.8 Å². The number of aryl methyl sites for hydroxylation is 2. The first-order valence-corrected chi connectivity index (χ1v) is 19.1. The van der Waals surface area contributed by atoms with Crippen LogP contribution in [0.15, 0.2) is 77.7 Å². The van der Waals surface area contributed by atoms with Crippen molar-refractivity contribution in [2.45, 2.75) is 83.6 Å². The van der Waals surface area contributed by atoms with Gasteiger partial charge in [-0.1, -0.05) is 87.9 Å². The van der Waals surface area contributed by atoms with Crippen molar-refractivity contribution in [2.75, 3.05) is 19.7 Å². The minimum Gasteiger partial charge on any atom is -0.449 e. The summed E-state index contributed by atoms with van der Waals surface area (Å²) < 4.78 is 50.8. The van der Waals surface area contributed by atoms with E-state index < -0.39 is 21.9 Å². The molecule has 1 heterocycles. The number of unbranched alkanes of at least 4 members (excludes halogenated alkanes) is 1. The quantitative estimate of drug-likeness (QED) is 0.0718. The van der Waals surface area contributed by atoms with Gasteiger partial charge in [0, 0.05) is 42.5 Å². The molecule has 0 saturated carbocycles. The Morgan fingerprint density at radius 3 is 2.31 bits per heavy atom. The highest BCUT2D eigenvalue weighted by atomic mass is 32.2. The fraction of sp³-hybridized carbons (Fsp3) is 0.385. The number of rotatable bonds is 20. The Morgan fingerprint density at radius 1 is 0.863 bits per heavy atom. The van der Waals surface area contributed by atoms with Crippen LogP contribution < -0.4 is 10.0 Å². The van der Waals surface area contributed by atoms with Gasteiger partial charge in [0.1, 0.15) is 17.3 Å². The lowest BCUT2D eigenvalue weighted by molar-refractivity contribution is 0.0963. The molecule has 0 fully saturated rings. The first-order valence-electron chi connectivity index (χ1n) is 17.6. The van der Waals surface area contributed by atoms with Gasteiger partial charge in [0.15, 0.2) is 11.6 Å². The Labute approximate surface area is 299 Å². The molecule has 10 nitrogen and oxygen atoms in total. The first-order chi connectivity index (χ1) is 24.6. The Morgan fingerprint density at radius 2 is 1.61 bits per heavy atom. The number of Topliss-reactive ketones (excluding diaryl/α,β-unsaturated/α-hetero) is 2. The zero-order valence-corrected chi connectivity index (χ0v) is 30.4. The zero-order valence-electron chi connectivity index (χ0n) is 29.5. The largest absolute Gasteiger partial charge is 0.449 e. The van der Waals surface area contributed by atoms with Gasteiger partial charge in [-0.3, -0.25) is 9.59 Å². The predicted molar refractivity (Wildman–Crippen MR) is 195 cm³/mol. The zero-order chi connectivity index (χ0) is 36.8. The highest BCUT2D eigenvalue weighted by Crippen LogP contribution is 2.29. The smallest absolute Gasteiger partial charge is 0.421 e. The molecule has 0 spiro atoms. The first kappa shape index (κ1) is 39.1. The van der Waals surface area contributed by atoms with Crippen molar-refractivity contribution >= 4 is 27.7 Å². The average molecular weight is 719 g/mol. The number of hydrogen-bond acceptors (Lipinski definition) is 8. The number of carbonyl (C=O) groups excluding carboxylic acids is 3. The number of hydrogen-bond donors (Lipinski definition) is 2. The number of ketones is 2. The maximum atomic E-state index is 15.9. The molecule has 1 aromatic heterocycles. The highest BCUT2D eigenvalue weighted by molar-refractivity contribution is 7.90. The summed E-state index contributed by atoms with van der Waals surface area (Å²) >= 11 is 0. The third-order valence-corrected chi connectivity index (χ3v) is 9.76. The van der Waals surface area contributed by atoms with E-state index in [1.54, 1.807) is 41.0 Å². The van der Waals surface area contributed by atoms with Crippen LogP contribution in [0.4, 0.5) is 9.18 Å². The molecule has 12 heteroatoms. The normalized spacial score (nSPS) is 11.4. The summed E-state index contributed by atoms with van der Waals surface area (Å²) in [5.74, 6) is 0.0963. The molecule has 0 unspecified atom stereocenters. The summed E-state index contributed by atoms with van der Waals surface area (Å²) in [7, 11) is -4.32. The average Bonchev–Trinajstić information content (AvgIpc) is 3.47. The van der Waals surface area contributed by atoms with Gasteiger partial charge >= 0.3 is 6.09 Å². The second-order valence-corrected chi connectivity index (χ2v) is 13.9. The lowest BCUT2D eigenvalue weighted by Gasteiger charge is -2.15. The van der Waals surface area contributed by atoms with E-state index in [0.717, 1.165) is 12.8 Å². The van der Waals surface area contributed by atoms with Gasteiger partial charge in [0.25, 0.3) is 10.0 Å². The van der Waals surface area contributed by atoms with Gasteiger partial charge in [-0.25, -0.2) is 27.3 Å². The third-order valence-electron chi connectivity index (χ3n) is 8.39. The van der Waals surface area contributed by atoms with Gasteiger partial charge in [0.05, 0.1) is 23.7 Å². The maximum Gasteiger partial charge on any atom is 0.421 e. The van der Waals surface area contributed by atoms with E-state index in [1.807, 2.05) is 43.7 Å². The monoisotopic (exact) mass is 718 g/mol. The number of nitrogens with one attached hydrogen (secondary N) is 2. The van der Waals surface area contributed by atoms with E-state index >= 15 is 4.39 Å². The number of imidazole rings is 1. The van der Waals surface area contributed by atoms with Crippen LogP contribution in [-0.2, 0) is 34.1 Å². The van der Waals surface area contributed by atoms with Crippen molar-refractivity contribution in [3.63, 3.8) is 0 Å². The lowest BCUT2D eigenvalue weighted by atomic mass is 10.0. The van der Waals surface area contributed by atoms with Gasteiger partial charge in [-0.15, -0.1) is 0 Å². The number of carbonyl (C=O) groups is 3. The second-order valence-electron chi connectivity index (χ2n) is 12.2. The Bertz CT molecular complexity index is 1910. The summed E-state index contributed by atoms with van der Waals surface area (Å²) in [6.07, 6.45) is 3.49. The number of aromatic nitrogens is 2. The van der Waals surface area contributed by atoms with E-state index in [4.69, 9.17) is 9.72 Å². The van der Waals surface area contributed by atoms with Gasteiger partial charge in [-0.05, 0) is 49.9 Å². The summed E-state index contributed by atoms with van der Waals surface area (Å²) in [6.45, 7) is 7.03. The third kappa shape index (κ3) is 10.7. The van der Waals surface area contributed by atoms with Crippen LogP contribution in [0.3, 0.4) is 0 Å². The lowest BCUT2D eigenvalue weighted by Crippen LogP contribution is -2.31. The Balaban J connectivity index is 1.48. The van der Waals surface area contributed by atoms with Crippen molar-refractivity contribution < 1.29 is 31.9 Å². The maximum absolute atomic E-state index is 15.9. The molecule has 51 heavy (non-hydrogen) atoms. The Hall–Kier alpha value is -4.68. The van der Waals surface area contributed by atoms with Crippen LogP contribution in [0, 0.1) is 5.82 Å².